The van der Waals surface area contributed by atoms with Crippen LogP contribution in [-0.2, 0) is 0 Å². The molecule has 0 unspecified atom stereocenters. The summed E-state index contributed by atoms with van der Waals surface area (Å²) in [6.07, 6.45) is 1.60. The lowest BCUT2D eigenvalue weighted by atomic mass is 9.80. The second-order valence-electron chi connectivity index (χ2n) is 2.76. The predicted molar refractivity (Wildman–Crippen MR) is 59.4 cm³/mol. The molecule has 0 bridgehead atoms. The average Bonchev–Trinajstić information content (AvgIpc) is 2.31. The Morgan fingerprint density at radius 2 is 1.80 bits per heavy atom. The Kier molecular flexibility index (Phi) is 4.21. The van der Waals surface area contributed by atoms with Gasteiger partial charge >= 0.3 is 6.98 Å². The van der Waals surface area contributed by atoms with Gasteiger partial charge in [-0.15, -0.1) is 0 Å². The highest BCUT2D eigenvalue weighted by molar-refractivity contribution is 6.61. The molecule has 0 atom stereocenters. The third-order valence-corrected chi connectivity index (χ3v) is 1.79. The van der Waals surface area contributed by atoms with Crippen LogP contribution in [-0.4, -0.2) is 14.1 Å². The van der Waals surface area contributed by atoms with Gasteiger partial charge in [-0.25, -0.2) is 0 Å². The highest BCUT2D eigenvalue weighted by Crippen LogP contribution is 2.12. The standard InChI is InChI=1S/C9H9BN2O3/c1-15-9-4-2-8(3-5-9)6-7-10(11-13)12-14/h2-7H,1H3/b7-6+. The van der Waals surface area contributed by atoms with Gasteiger partial charge in [-0.3, -0.25) is 0 Å². The van der Waals surface area contributed by atoms with Crippen molar-refractivity contribution in [1.29, 1.82) is 0 Å². The van der Waals surface area contributed by atoms with Crippen molar-refractivity contribution in [2.75, 3.05) is 7.11 Å². The molecule has 0 aliphatic carbocycles. The fourth-order valence-corrected chi connectivity index (χ4v) is 1.00. The first-order valence-corrected chi connectivity index (χ1v) is 4.27. The quantitative estimate of drug-likeness (QED) is 0.545. The minimum absolute atomic E-state index is 0.741. The molecule has 1 rings (SSSR count). The molecule has 0 spiro atoms. The van der Waals surface area contributed by atoms with Gasteiger partial charge in [0.1, 0.15) is 5.75 Å². The SMILES string of the molecule is COc1ccc(/C=C/B(N=O)N=O)cc1. The minimum Gasteiger partial charge on any atom is -0.497 e. The van der Waals surface area contributed by atoms with Crippen molar-refractivity contribution in [3.8, 4) is 5.75 Å². The van der Waals surface area contributed by atoms with Crippen molar-refractivity contribution in [1.82, 2.24) is 0 Å². The summed E-state index contributed by atoms with van der Waals surface area (Å²) in [6.45, 7) is -1.16. The molecule has 0 saturated heterocycles. The normalized spacial score (nSPS) is 9.93. The van der Waals surface area contributed by atoms with Crippen LogP contribution < -0.4 is 4.74 Å². The average molecular weight is 204 g/mol. The summed E-state index contributed by atoms with van der Waals surface area (Å²) in [5, 5.41) is 5.03. The molecule has 6 heteroatoms. The molecule has 0 amide bonds. The fourth-order valence-electron chi connectivity index (χ4n) is 1.00. The second kappa shape index (κ2) is 5.69. The molecule has 0 aliphatic rings. The van der Waals surface area contributed by atoms with E-state index in [0.717, 1.165) is 11.3 Å². The van der Waals surface area contributed by atoms with Gasteiger partial charge in [-0.1, -0.05) is 34.4 Å². The Hall–Kier alpha value is -1.98. The summed E-state index contributed by atoms with van der Waals surface area (Å²) in [6, 6.07) is 7.14. The Bertz CT molecular complexity index is 356. The van der Waals surface area contributed by atoms with Crippen LogP contribution >= 0.6 is 0 Å². The number of benzene rings is 1. The maximum atomic E-state index is 10.0. The molecule has 0 fully saturated rings. The van der Waals surface area contributed by atoms with E-state index < -0.39 is 6.98 Å². The summed E-state index contributed by atoms with van der Waals surface area (Å²) in [5.41, 5.74) is 0.841. The maximum Gasteiger partial charge on any atom is 0.541 e. The van der Waals surface area contributed by atoms with Crippen LogP contribution in [0.1, 0.15) is 5.56 Å². The number of hydrogen-bond donors (Lipinski definition) is 0. The van der Waals surface area contributed by atoms with Gasteiger partial charge in [-0.05, 0) is 17.7 Å². The Morgan fingerprint density at radius 1 is 1.20 bits per heavy atom. The van der Waals surface area contributed by atoms with Gasteiger partial charge in [0.2, 0.25) is 0 Å². The van der Waals surface area contributed by atoms with E-state index in [-0.39, 0.29) is 0 Å². The molecule has 0 saturated carbocycles. The topological polar surface area (TPSA) is 68.1 Å². The van der Waals surface area contributed by atoms with Gasteiger partial charge in [0, 0.05) is 0 Å². The molecule has 0 N–H and O–H groups in total. The van der Waals surface area contributed by atoms with Crippen molar-refractivity contribution in [3.05, 3.63) is 45.6 Å². The van der Waals surface area contributed by atoms with E-state index in [9.17, 15) is 9.81 Å². The van der Waals surface area contributed by atoms with Crippen molar-refractivity contribution in [3.63, 3.8) is 0 Å². The molecule has 76 valence electrons. The van der Waals surface area contributed by atoms with Crippen LogP contribution in [0.15, 0.2) is 40.4 Å². The molecule has 0 radical (unpaired) electrons. The van der Waals surface area contributed by atoms with Gasteiger partial charge in [0.15, 0.2) is 0 Å². The highest BCUT2D eigenvalue weighted by atomic mass is 16.5. The van der Waals surface area contributed by atoms with Crippen LogP contribution in [0.4, 0.5) is 0 Å². The highest BCUT2D eigenvalue weighted by Gasteiger charge is 2.11. The first kappa shape index (κ1) is 11.1. The molecule has 0 aromatic heterocycles. The predicted octanol–water partition coefficient (Wildman–Crippen LogP) is 2.27. The van der Waals surface area contributed by atoms with Crippen LogP contribution in [0.2, 0.25) is 0 Å². The lowest BCUT2D eigenvalue weighted by Gasteiger charge is -1.98. The van der Waals surface area contributed by atoms with Crippen molar-refractivity contribution in [2.24, 2.45) is 10.2 Å². The summed E-state index contributed by atoms with van der Waals surface area (Å²) >= 11 is 0. The van der Waals surface area contributed by atoms with Crippen LogP contribution in [0.5, 0.6) is 5.75 Å². The number of ether oxygens (including phenoxy) is 1. The number of rotatable bonds is 5. The first-order chi connectivity index (χ1) is 7.30. The van der Waals surface area contributed by atoms with Crippen molar-refractivity contribution < 1.29 is 4.74 Å². The number of nitrogens with zero attached hydrogens (tertiary/aromatic N) is 2. The molecular weight excluding hydrogens is 195 g/mol. The first-order valence-electron chi connectivity index (χ1n) is 4.27. The molecule has 15 heavy (non-hydrogen) atoms. The van der Waals surface area contributed by atoms with Crippen LogP contribution in [0.3, 0.4) is 0 Å². The molecule has 0 heterocycles. The summed E-state index contributed by atoms with van der Waals surface area (Å²) < 4.78 is 4.98. The zero-order chi connectivity index (χ0) is 11.1. The smallest absolute Gasteiger partial charge is 0.497 e. The molecule has 1 aromatic carbocycles. The molecule has 5 nitrogen and oxygen atoms in total. The van der Waals surface area contributed by atoms with E-state index >= 15 is 0 Å². The van der Waals surface area contributed by atoms with Gasteiger partial charge < -0.3 is 4.74 Å². The lowest BCUT2D eigenvalue weighted by molar-refractivity contribution is 0.415. The van der Waals surface area contributed by atoms with Crippen LogP contribution in [0, 0.1) is 9.81 Å². The van der Waals surface area contributed by atoms with Gasteiger partial charge in [0.05, 0.1) is 7.11 Å². The van der Waals surface area contributed by atoms with E-state index in [1.807, 2.05) is 0 Å². The van der Waals surface area contributed by atoms with Crippen molar-refractivity contribution >= 4 is 13.1 Å². The number of methoxy groups -OCH3 is 1. The Balaban J connectivity index is 2.71. The van der Waals surface area contributed by atoms with E-state index in [2.05, 4.69) is 10.2 Å². The third-order valence-electron chi connectivity index (χ3n) is 1.79. The summed E-state index contributed by atoms with van der Waals surface area (Å²) in [5.74, 6) is 2.08. The summed E-state index contributed by atoms with van der Waals surface area (Å²) in [4.78, 5) is 20.1. The maximum absolute atomic E-state index is 10.0. The monoisotopic (exact) mass is 204 g/mol. The second-order valence-corrected chi connectivity index (χ2v) is 2.76. The van der Waals surface area contributed by atoms with E-state index in [4.69, 9.17) is 4.74 Å². The fraction of sp³-hybridized carbons (Fsp3) is 0.111. The lowest BCUT2D eigenvalue weighted by Crippen LogP contribution is -1.98. The van der Waals surface area contributed by atoms with Crippen molar-refractivity contribution in [2.45, 2.75) is 0 Å². The zero-order valence-corrected chi connectivity index (χ0v) is 8.16. The summed E-state index contributed by atoms with van der Waals surface area (Å²) in [7, 11) is 1.58. The molecule has 0 aliphatic heterocycles. The number of hydrogen-bond acceptors (Lipinski definition) is 5. The Labute approximate surface area is 87.2 Å². The van der Waals surface area contributed by atoms with Gasteiger partial charge in [-0.2, -0.15) is 9.81 Å². The number of nitroso groups, excluding NO2 is 2. The van der Waals surface area contributed by atoms with E-state index in [1.54, 1.807) is 37.5 Å². The van der Waals surface area contributed by atoms with E-state index in [0.29, 0.717) is 0 Å². The molecule has 1 aromatic rings. The van der Waals surface area contributed by atoms with E-state index in [1.165, 1.54) is 5.98 Å². The third kappa shape index (κ3) is 3.34. The zero-order valence-electron chi connectivity index (χ0n) is 8.16. The Morgan fingerprint density at radius 3 is 2.27 bits per heavy atom. The molecular formula is C9H9BN2O3. The van der Waals surface area contributed by atoms with Crippen LogP contribution in [0.25, 0.3) is 6.08 Å². The largest absolute Gasteiger partial charge is 0.541 e. The van der Waals surface area contributed by atoms with Gasteiger partial charge in [0.25, 0.3) is 0 Å². The minimum atomic E-state index is -1.16.